The fourth-order valence-corrected chi connectivity index (χ4v) is 3.80. The number of rotatable bonds is 2. The van der Waals surface area contributed by atoms with Gasteiger partial charge in [-0.25, -0.2) is 0 Å². The Balaban J connectivity index is 0.00000144. The fourth-order valence-electron chi connectivity index (χ4n) is 3.80. The van der Waals surface area contributed by atoms with Crippen molar-refractivity contribution >= 4 is 0 Å². The molecule has 1 heterocycles. The van der Waals surface area contributed by atoms with E-state index in [1.165, 1.54) is 60.5 Å². The Bertz CT molecular complexity index is 586. The Morgan fingerprint density at radius 3 is 1.91 bits per heavy atom. The van der Waals surface area contributed by atoms with Crippen LogP contribution in [0.4, 0.5) is 0 Å². The van der Waals surface area contributed by atoms with Crippen LogP contribution in [0.3, 0.4) is 0 Å². The van der Waals surface area contributed by atoms with Gasteiger partial charge in [0.05, 0.1) is 0 Å². The number of fused-ring (bicyclic) bond motifs is 2. The van der Waals surface area contributed by atoms with E-state index in [9.17, 15) is 0 Å². The number of benzene rings is 2. The van der Waals surface area contributed by atoms with Gasteiger partial charge in [-0.2, -0.15) is 0 Å². The van der Waals surface area contributed by atoms with Crippen molar-refractivity contribution < 1.29 is 21.1 Å². The molecule has 0 saturated carbocycles. The van der Waals surface area contributed by atoms with Gasteiger partial charge in [-0.1, -0.05) is 55.2 Å². The van der Waals surface area contributed by atoms with Gasteiger partial charge < -0.3 is 4.90 Å². The molecule has 1 aliphatic heterocycles. The van der Waals surface area contributed by atoms with Crippen LogP contribution in [0.2, 0.25) is 0 Å². The Hall–Kier alpha value is -1.04. The van der Waals surface area contributed by atoms with Crippen molar-refractivity contribution in [3.05, 3.63) is 76.7 Å². The predicted octanol–water partition coefficient (Wildman–Crippen LogP) is 4.05. The standard InChI is InChI=1S/C20H22N.W/c1-6-12-21(13-7-1)15-20-18-10-4-2-8-16(18)14-17-9-3-5-11-19(17)20;/h2-5,8-11H,1,6-7,12-15H2;/q-1;+2. The van der Waals surface area contributed by atoms with Crippen LogP contribution in [-0.2, 0) is 27.5 Å². The van der Waals surface area contributed by atoms with E-state index >= 15 is 0 Å². The number of piperidine rings is 1. The molecule has 1 nitrogen and oxygen atoms in total. The largest absolute Gasteiger partial charge is 2.00 e. The number of likely N-dealkylation sites (tertiary alicyclic amines) is 1. The molecule has 0 unspecified atom stereocenters. The van der Waals surface area contributed by atoms with Crippen molar-refractivity contribution in [3.8, 4) is 0 Å². The number of nitrogens with zero attached hydrogens (tertiary/aromatic N) is 1. The predicted molar refractivity (Wildman–Crippen MR) is 87.4 cm³/mol. The Morgan fingerprint density at radius 2 is 1.32 bits per heavy atom. The van der Waals surface area contributed by atoms with E-state index in [1.807, 2.05) is 0 Å². The van der Waals surface area contributed by atoms with E-state index in [2.05, 4.69) is 53.4 Å². The topological polar surface area (TPSA) is 3.24 Å². The SMILES string of the molecule is [W+2].c1ccc2c(c1)Cc1ccccc1[C-]2CN1CCCCC1. The van der Waals surface area contributed by atoms with Gasteiger partial charge >= 0.3 is 21.1 Å². The summed E-state index contributed by atoms with van der Waals surface area (Å²) in [5, 5.41) is 0. The maximum Gasteiger partial charge on any atom is 2.00 e. The summed E-state index contributed by atoms with van der Waals surface area (Å²) in [6.45, 7) is 3.62. The zero-order valence-electron chi connectivity index (χ0n) is 12.9. The maximum absolute atomic E-state index is 2.64. The minimum absolute atomic E-state index is 0. The van der Waals surface area contributed by atoms with Crippen LogP contribution in [0.5, 0.6) is 0 Å². The molecule has 2 aromatic carbocycles. The molecule has 2 heteroatoms. The van der Waals surface area contributed by atoms with Crippen molar-refractivity contribution in [2.75, 3.05) is 19.6 Å². The van der Waals surface area contributed by atoms with Crippen molar-refractivity contribution in [1.82, 2.24) is 4.90 Å². The molecule has 4 rings (SSSR count). The van der Waals surface area contributed by atoms with E-state index in [0.29, 0.717) is 0 Å². The van der Waals surface area contributed by atoms with Crippen LogP contribution in [0, 0.1) is 5.92 Å². The van der Waals surface area contributed by atoms with Crippen LogP contribution < -0.4 is 0 Å². The average Bonchev–Trinajstić information content (AvgIpc) is 2.55. The molecule has 0 N–H and O–H groups in total. The molecule has 112 valence electrons. The Kier molecular flexibility index (Phi) is 5.06. The summed E-state index contributed by atoms with van der Waals surface area (Å²) in [6.07, 6.45) is 5.20. The first-order chi connectivity index (χ1) is 10.4. The van der Waals surface area contributed by atoms with Crippen LogP contribution in [0.25, 0.3) is 0 Å². The van der Waals surface area contributed by atoms with Gasteiger partial charge in [-0.3, -0.25) is 0 Å². The van der Waals surface area contributed by atoms with E-state index < -0.39 is 0 Å². The molecule has 0 bridgehead atoms. The van der Waals surface area contributed by atoms with E-state index in [-0.39, 0.29) is 21.1 Å². The molecular weight excluding hydrogens is 438 g/mol. The molecule has 1 fully saturated rings. The summed E-state index contributed by atoms with van der Waals surface area (Å²) in [6, 6.07) is 17.9. The quantitative estimate of drug-likeness (QED) is 0.612. The summed E-state index contributed by atoms with van der Waals surface area (Å²) in [7, 11) is 0. The summed E-state index contributed by atoms with van der Waals surface area (Å²) in [4.78, 5) is 2.64. The third-order valence-corrected chi connectivity index (χ3v) is 4.90. The smallest absolute Gasteiger partial charge is 0.306 e. The molecule has 0 atom stereocenters. The van der Waals surface area contributed by atoms with Crippen molar-refractivity contribution in [1.29, 1.82) is 0 Å². The van der Waals surface area contributed by atoms with Crippen LogP contribution in [0.15, 0.2) is 48.5 Å². The first kappa shape index (κ1) is 15.8. The zero-order chi connectivity index (χ0) is 14.1. The van der Waals surface area contributed by atoms with E-state index in [1.54, 1.807) is 0 Å². The monoisotopic (exact) mass is 460 g/mol. The molecule has 2 aromatic rings. The van der Waals surface area contributed by atoms with Crippen molar-refractivity contribution in [2.45, 2.75) is 25.7 Å². The summed E-state index contributed by atoms with van der Waals surface area (Å²) >= 11 is 0. The van der Waals surface area contributed by atoms with Gasteiger partial charge in [0, 0.05) is 0 Å². The molecule has 0 spiro atoms. The van der Waals surface area contributed by atoms with Crippen LogP contribution in [0.1, 0.15) is 41.5 Å². The zero-order valence-corrected chi connectivity index (χ0v) is 15.9. The summed E-state index contributed by atoms with van der Waals surface area (Å²) in [5.74, 6) is 1.54. The second-order valence-electron chi connectivity index (χ2n) is 6.31. The average molecular weight is 460 g/mol. The third-order valence-electron chi connectivity index (χ3n) is 4.90. The number of hydrogen-bond acceptors (Lipinski definition) is 1. The van der Waals surface area contributed by atoms with Crippen LogP contribution in [-0.4, -0.2) is 24.5 Å². The number of hydrogen-bond donors (Lipinski definition) is 0. The van der Waals surface area contributed by atoms with Crippen molar-refractivity contribution in [3.63, 3.8) is 0 Å². The van der Waals surface area contributed by atoms with Gasteiger partial charge in [-0.15, -0.1) is 34.4 Å². The van der Waals surface area contributed by atoms with Gasteiger partial charge in [0.1, 0.15) is 0 Å². The Labute approximate surface area is 148 Å². The molecule has 0 radical (unpaired) electrons. The molecule has 1 saturated heterocycles. The second-order valence-corrected chi connectivity index (χ2v) is 6.31. The minimum atomic E-state index is 0. The van der Waals surface area contributed by atoms with Gasteiger partial charge in [0.15, 0.2) is 0 Å². The summed E-state index contributed by atoms with van der Waals surface area (Å²) < 4.78 is 0. The molecule has 1 aliphatic carbocycles. The molecule has 2 aliphatic rings. The van der Waals surface area contributed by atoms with Gasteiger partial charge in [0.25, 0.3) is 0 Å². The van der Waals surface area contributed by atoms with Crippen LogP contribution >= 0.6 is 0 Å². The first-order valence-electron chi connectivity index (χ1n) is 8.16. The fraction of sp³-hybridized carbons (Fsp3) is 0.350. The maximum atomic E-state index is 2.64. The molecule has 22 heavy (non-hydrogen) atoms. The minimum Gasteiger partial charge on any atom is -0.306 e. The van der Waals surface area contributed by atoms with E-state index in [4.69, 9.17) is 0 Å². The second kappa shape index (κ2) is 7.02. The van der Waals surface area contributed by atoms with Crippen molar-refractivity contribution in [2.24, 2.45) is 0 Å². The normalized spacial score (nSPS) is 17.4. The molecular formula is C20H22NW+. The Morgan fingerprint density at radius 1 is 0.773 bits per heavy atom. The summed E-state index contributed by atoms with van der Waals surface area (Å²) in [5.41, 5.74) is 5.93. The van der Waals surface area contributed by atoms with E-state index in [0.717, 1.165) is 13.0 Å². The molecule has 0 aromatic heterocycles. The van der Waals surface area contributed by atoms with Gasteiger partial charge in [-0.05, 0) is 32.5 Å². The third kappa shape index (κ3) is 3.02. The van der Waals surface area contributed by atoms with Gasteiger partial charge in [0.2, 0.25) is 0 Å². The molecule has 0 amide bonds. The first-order valence-corrected chi connectivity index (χ1v) is 8.16.